The van der Waals surface area contributed by atoms with Crippen molar-refractivity contribution in [3.63, 3.8) is 0 Å². The summed E-state index contributed by atoms with van der Waals surface area (Å²) in [5.41, 5.74) is -0.0791. The summed E-state index contributed by atoms with van der Waals surface area (Å²) < 4.78 is 46.4. The largest absolute Gasteiger partial charge is 0.381 e. The second kappa shape index (κ2) is 11.2. The highest BCUT2D eigenvalue weighted by Gasteiger charge is 2.53. The molecule has 0 bridgehead atoms. The lowest BCUT2D eigenvalue weighted by atomic mass is 9.59. The van der Waals surface area contributed by atoms with Crippen LogP contribution in [0.3, 0.4) is 0 Å². The minimum atomic E-state index is -3.23. The molecule has 8 heteroatoms. The van der Waals surface area contributed by atoms with Crippen molar-refractivity contribution in [1.82, 2.24) is 9.62 Å². The van der Waals surface area contributed by atoms with E-state index in [1.807, 2.05) is 0 Å². The van der Waals surface area contributed by atoms with Gasteiger partial charge in [0, 0.05) is 38.2 Å². The predicted molar refractivity (Wildman–Crippen MR) is 135 cm³/mol. The first-order valence-corrected chi connectivity index (χ1v) is 15.5. The average molecular weight is 500 g/mol. The number of nitrogens with one attached hydrogen (secondary N) is 2. The number of rotatable bonds is 8. The highest BCUT2D eigenvalue weighted by molar-refractivity contribution is 7.88. The second-order valence-electron chi connectivity index (χ2n) is 11.8. The van der Waals surface area contributed by atoms with Gasteiger partial charge in [0.1, 0.15) is 6.17 Å². The molecule has 4 aliphatic rings. The number of methoxy groups -OCH3 is 1. The molecule has 34 heavy (non-hydrogen) atoms. The van der Waals surface area contributed by atoms with E-state index in [0.717, 1.165) is 38.5 Å². The zero-order chi connectivity index (χ0) is 24.3. The molecule has 0 radical (unpaired) electrons. The van der Waals surface area contributed by atoms with E-state index in [-0.39, 0.29) is 29.4 Å². The first kappa shape index (κ1) is 26.5. The fourth-order valence-corrected chi connectivity index (χ4v) is 8.64. The third-order valence-corrected chi connectivity index (χ3v) is 10.9. The van der Waals surface area contributed by atoms with Crippen molar-refractivity contribution < 1.29 is 17.5 Å². The lowest BCUT2D eigenvalue weighted by Crippen LogP contribution is -2.55. The van der Waals surface area contributed by atoms with Gasteiger partial charge in [-0.25, -0.2) is 17.1 Å². The Hall–Kier alpha value is -0.570. The van der Waals surface area contributed by atoms with Crippen LogP contribution in [0.25, 0.3) is 0 Å². The predicted octanol–water partition coefficient (Wildman–Crippen LogP) is 4.54. The molecule has 5 atom stereocenters. The molecule has 1 heterocycles. The second-order valence-corrected chi connectivity index (χ2v) is 13.8. The Balaban J connectivity index is 1.53. The summed E-state index contributed by atoms with van der Waals surface area (Å²) in [4.78, 5) is 0. The van der Waals surface area contributed by atoms with Gasteiger partial charge in [-0.2, -0.15) is 0 Å². The van der Waals surface area contributed by atoms with E-state index in [2.05, 4.69) is 5.32 Å². The van der Waals surface area contributed by atoms with Crippen LogP contribution in [0.15, 0.2) is 0 Å². The van der Waals surface area contributed by atoms with Crippen molar-refractivity contribution >= 4 is 16.2 Å². The SMILES string of the molecule is COC1CC(NC2CCC(F)CC2)C(C=N)CC1C1(CC2CCCCC2)CCN(S(C)(=O)=O)C1. The number of hydrogen-bond donors (Lipinski definition) is 2. The Bertz CT molecular complexity index is 782. The number of halogens is 1. The van der Waals surface area contributed by atoms with E-state index >= 15 is 0 Å². The summed E-state index contributed by atoms with van der Waals surface area (Å²) >= 11 is 0. The minimum absolute atomic E-state index is 0.0503. The van der Waals surface area contributed by atoms with Gasteiger partial charge in [-0.3, -0.25) is 0 Å². The lowest BCUT2D eigenvalue weighted by molar-refractivity contribution is -0.0617. The quantitative estimate of drug-likeness (QED) is 0.481. The van der Waals surface area contributed by atoms with Gasteiger partial charge in [0.25, 0.3) is 0 Å². The van der Waals surface area contributed by atoms with Crippen LogP contribution in [0.5, 0.6) is 0 Å². The third kappa shape index (κ3) is 6.04. The summed E-state index contributed by atoms with van der Waals surface area (Å²) in [5.74, 6) is 1.02. The van der Waals surface area contributed by atoms with Crippen LogP contribution < -0.4 is 5.32 Å². The van der Waals surface area contributed by atoms with Crippen LogP contribution in [-0.2, 0) is 14.8 Å². The molecule has 0 spiro atoms. The Morgan fingerprint density at radius 2 is 1.82 bits per heavy atom. The summed E-state index contributed by atoms with van der Waals surface area (Å²) in [7, 11) is -1.43. The Kier molecular flexibility index (Phi) is 8.74. The van der Waals surface area contributed by atoms with Crippen molar-refractivity contribution in [1.29, 1.82) is 5.41 Å². The van der Waals surface area contributed by atoms with E-state index in [4.69, 9.17) is 10.1 Å². The van der Waals surface area contributed by atoms with Gasteiger partial charge in [0.15, 0.2) is 0 Å². The van der Waals surface area contributed by atoms with Gasteiger partial charge in [-0.1, -0.05) is 32.1 Å². The van der Waals surface area contributed by atoms with Crippen molar-refractivity contribution in [2.75, 3.05) is 26.5 Å². The molecule has 0 amide bonds. The zero-order valence-electron chi connectivity index (χ0n) is 21.2. The van der Waals surface area contributed by atoms with Gasteiger partial charge < -0.3 is 15.5 Å². The third-order valence-electron chi connectivity index (χ3n) is 9.63. The van der Waals surface area contributed by atoms with Crippen molar-refractivity contribution in [3.05, 3.63) is 0 Å². The number of nitrogens with zero attached hydrogens (tertiary/aromatic N) is 1. The van der Waals surface area contributed by atoms with Crippen molar-refractivity contribution in [2.24, 2.45) is 23.2 Å². The standard InChI is InChI=1S/C26H46FN3O3S/c1-33-25-15-24(29-22-10-8-21(27)9-11-22)20(17-28)14-23(25)26(16-19-6-4-3-5-7-19)12-13-30(18-26)34(2,31)32/h17,19-25,28-29H,3-16,18H2,1-2H3. The molecule has 3 saturated carbocycles. The molecule has 0 aromatic carbocycles. The van der Waals surface area contributed by atoms with Crippen molar-refractivity contribution in [3.8, 4) is 0 Å². The fourth-order valence-electron chi connectivity index (χ4n) is 7.73. The monoisotopic (exact) mass is 499 g/mol. The van der Waals surface area contributed by atoms with Crippen LogP contribution in [0.2, 0.25) is 0 Å². The van der Waals surface area contributed by atoms with Gasteiger partial charge in [0.05, 0.1) is 12.4 Å². The summed E-state index contributed by atoms with van der Waals surface area (Å²) in [6.45, 7) is 1.19. The summed E-state index contributed by atoms with van der Waals surface area (Å²) in [6, 6.07) is 0.482. The molecule has 6 nitrogen and oxygen atoms in total. The molecule has 196 valence electrons. The number of hydrogen-bond acceptors (Lipinski definition) is 5. The summed E-state index contributed by atoms with van der Waals surface area (Å²) in [6.07, 6.45) is 15.4. The van der Waals surface area contributed by atoms with E-state index in [1.165, 1.54) is 38.4 Å². The Morgan fingerprint density at radius 3 is 2.41 bits per heavy atom. The van der Waals surface area contributed by atoms with Gasteiger partial charge in [-0.05, 0) is 74.8 Å². The number of alkyl halides is 1. The van der Waals surface area contributed by atoms with Gasteiger partial charge in [0.2, 0.25) is 10.0 Å². The smallest absolute Gasteiger partial charge is 0.211 e. The van der Waals surface area contributed by atoms with Gasteiger partial charge in [-0.15, -0.1) is 0 Å². The molecule has 1 aliphatic heterocycles. The minimum Gasteiger partial charge on any atom is -0.381 e. The van der Waals surface area contributed by atoms with Crippen LogP contribution in [-0.4, -0.2) is 69.8 Å². The molecular formula is C26H46FN3O3S. The van der Waals surface area contributed by atoms with Crippen LogP contribution in [0, 0.1) is 28.6 Å². The molecule has 0 aromatic heterocycles. The highest BCUT2D eigenvalue weighted by Crippen LogP contribution is 2.52. The molecule has 3 aliphatic carbocycles. The average Bonchev–Trinajstić information content (AvgIpc) is 3.26. The maximum Gasteiger partial charge on any atom is 0.211 e. The normalized spacial score (nSPS) is 40.9. The maximum atomic E-state index is 13.6. The van der Waals surface area contributed by atoms with Crippen LogP contribution in [0.4, 0.5) is 4.39 Å². The van der Waals surface area contributed by atoms with Gasteiger partial charge >= 0.3 is 0 Å². The topological polar surface area (TPSA) is 82.5 Å². The van der Waals surface area contributed by atoms with E-state index in [9.17, 15) is 12.8 Å². The summed E-state index contributed by atoms with van der Waals surface area (Å²) in [5, 5.41) is 12.0. The van der Waals surface area contributed by atoms with Crippen LogP contribution >= 0.6 is 0 Å². The number of sulfonamides is 1. The first-order valence-electron chi connectivity index (χ1n) is 13.6. The van der Waals surface area contributed by atoms with Crippen LogP contribution in [0.1, 0.15) is 83.5 Å². The molecule has 5 unspecified atom stereocenters. The van der Waals surface area contributed by atoms with Crippen molar-refractivity contribution in [2.45, 2.75) is 108 Å². The molecule has 4 fully saturated rings. The zero-order valence-corrected chi connectivity index (χ0v) is 22.0. The van der Waals surface area contributed by atoms with E-state index in [0.29, 0.717) is 37.9 Å². The van der Waals surface area contributed by atoms with E-state index < -0.39 is 16.2 Å². The molecule has 2 N–H and O–H groups in total. The van der Waals surface area contributed by atoms with E-state index in [1.54, 1.807) is 17.6 Å². The molecule has 0 aromatic rings. The first-order chi connectivity index (χ1) is 16.2. The lowest BCUT2D eigenvalue weighted by Gasteiger charge is -2.50. The molecule has 4 rings (SSSR count). The highest BCUT2D eigenvalue weighted by atomic mass is 32.2. The fraction of sp³-hybridized carbons (Fsp3) is 0.962. The number of ether oxygens (including phenoxy) is 1. The Labute approximate surface area is 206 Å². The molecule has 1 saturated heterocycles. The Morgan fingerprint density at radius 1 is 1.12 bits per heavy atom. The maximum absolute atomic E-state index is 13.6. The molecular weight excluding hydrogens is 453 g/mol.